The van der Waals surface area contributed by atoms with Crippen LogP contribution in [-0.4, -0.2) is 35.4 Å². The standard InChI is InChI=1S/C18H19ClN2O5/c1-10(22)12-7-15(21(3)9-12)18(24)26-11(2)17(23)20-14-8-13(19)5-6-16(14)25-4/h5-9,11H,1-4H3,(H,20,23)/t11-/m1/s1. The van der Waals surface area contributed by atoms with Crippen molar-refractivity contribution >= 4 is 34.9 Å². The number of nitrogens with one attached hydrogen (secondary N) is 1. The monoisotopic (exact) mass is 378 g/mol. The number of hydrogen-bond donors (Lipinski definition) is 1. The Morgan fingerprint density at radius 3 is 2.50 bits per heavy atom. The number of halogens is 1. The van der Waals surface area contributed by atoms with Crippen LogP contribution in [0.3, 0.4) is 0 Å². The maximum Gasteiger partial charge on any atom is 0.355 e. The summed E-state index contributed by atoms with van der Waals surface area (Å²) in [6.07, 6.45) is 0.461. The molecule has 8 heteroatoms. The largest absolute Gasteiger partial charge is 0.495 e. The van der Waals surface area contributed by atoms with Gasteiger partial charge in [0.15, 0.2) is 11.9 Å². The van der Waals surface area contributed by atoms with E-state index in [4.69, 9.17) is 21.1 Å². The van der Waals surface area contributed by atoms with Crippen LogP contribution >= 0.6 is 11.6 Å². The summed E-state index contributed by atoms with van der Waals surface area (Å²) in [7, 11) is 3.08. The number of carbonyl (C=O) groups excluding carboxylic acids is 3. The highest BCUT2D eigenvalue weighted by Gasteiger charge is 2.22. The van der Waals surface area contributed by atoms with E-state index in [0.717, 1.165) is 0 Å². The molecule has 2 rings (SSSR count). The topological polar surface area (TPSA) is 86.6 Å². The molecule has 0 unspecified atom stereocenters. The van der Waals surface area contributed by atoms with Gasteiger partial charge in [-0.05, 0) is 38.1 Å². The first-order valence-corrected chi connectivity index (χ1v) is 8.13. The summed E-state index contributed by atoms with van der Waals surface area (Å²) in [6, 6.07) is 6.20. The second kappa shape index (κ2) is 8.05. The molecule has 138 valence electrons. The highest BCUT2D eigenvalue weighted by molar-refractivity contribution is 6.31. The van der Waals surface area contributed by atoms with Crippen molar-refractivity contribution in [3.05, 3.63) is 46.7 Å². The van der Waals surface area contributed by atoms with Crippen molar-refractivity contribution in [1.82, 2.24) is 4.57 Å². The quantitative estimate of drug-likeness (QED) is 0.616. The highest BCUT2D eigenvalue weighted by atomic mass is 35.5. The van der Waals surface area contributed by atoms with E-state index in [1.54, 1.807) is 19.2 Å². The van der Waals surface area contributed by atoms with Crippen LogP contribution < -0.4 is 10.1 Å². The number of esters is 1. The molecule has 0 fully saturated rings. The summed E-state index contributed by atoms with van der Waals surface area (Å²) < 4.78 is 11.8. The van der Waals surface area contributed by atoms with Gasteiger partial charge >= 0.3 is 5.97 Å². The van der Waals surface area contributed by atoms with Gasteiger partial charge in [-0.1, -0.05) is 11.6 Å². The number of ketones is 1. The SMILES string of the molecule is COc1ccc(Cl)cc1NC(=O)[C@@H](C)OC(=O)c1cc(C(C)=O)cn1C. The lowest BCUT2D eigenvalue weighted by atomic mass is 10.2. The Morgan fingerprint density at radius 1 is 1.23 bits per heavy atom. The van der Waals surface area contributed by atoms with Gasteiger partial charge < -0.3 is 19.4 Å². The van der Waals surface area contributed by atoms with E-state index in [2.05, 4.69) is 5.32 Å². The van der Waals surface area contributed by atoms with Crippen molar-refractivity contribution in [3.8, 4) is 5.75 Å². The molecule has 0 aliphatic rings. The minimum atomic E-state index is -1.07. The fourth-order valence-corrected chi connectivity index (χ4v) is 2.42. The van der Waals surface area contributed by atoms with Crippen molar-refractivity contribution in [2.45, 2.75) is 20.0 Å². The zero-order valence-electron chi connectivity index (χ0n) is 14.8. The molecule has 1 heterocycles. The van der Waals surface area contributed by atoms with Crippen LogP contribution in [0.4, 0.5) is 5.69 Å². The third kappa shape index (κ3) is 4.43. The van der Waals surface area contributed by atoms with Crippen LogP contribution in [0.2, 0.25) is 5.02 Å². The summed E-state index contributed by atoms with van der Waals surface area (Å²) in [4.78, 5) is 36.0. The summed E-state index contributed by atoms with van der Waals surface area (Å²) in [6.45, 7) is 2.85. The third-order valence-electron chi connectivity index (χ3n) is 3.69. The maximum atomic E-state index is 12.3. The molecule has 7 nitrogen and oxygen atoms in total. The van der Waals surface area contributed by atoms with E-state index in [1.165, 1.54) is 43.9 Å². The predicted octanol–water partition coefficient (Wildman–Crippen LogP) is 3.07. The molecular formula is C18H19ClN2O5. The summed E-state index contributed by atoms with van der Waals surface area (Å²) in [5.41, 5.74) is 0.932. The molecule has 0 spiro atoms. The number of methoxy groups -OCH3 is 1. The van der Waals surface area contributed by atoms with Crippen LogP contribution in [0.25, 0.3) is 0 Å². The van der Waals surface area contributed by atoms with E-state index in [9.17, 15) is 14.4 Å². The van der Waals surface area contributed by atoms with E-state index in [0.29, 0.717) is 22.0 Å². The van der Waals surface area contributed by atoms with Crippen LogP contribution in [-0.2, 0) is 16.6 Å². The Morgan fingerprint density at radius 2 is 1.92 bits per heavy atom. The Kier molecular flexibility index (Phi) is 6.05. The molecule has 0 saturated heterocycles. The van der Waals surface area contributed by atoms with Gasteiger partial charge in [-0.15, -0.1) is 0 Å². The molecule has 0 saturated carbocycles. The van der Waals surface area contributed by atoms with E-state index < -0.39 is 18.0 Å². The number of rotatable bonds is 6. The Bertz CT molecular complexity index is 859. The number of Topliss-reactive ketones (excluding diaryl/α,β-unsaturated/α-hetero) is 1. The third-order valence-corrected chi connectivity index (χ3v) is 3.93. The van der Waals surface area contributed by atoms with Crippen molar-refractivity contribution in [3.63, 3.8) is 0 Å². The van der Waals surface area contributed by atoms with Gasteiger partial charge in [-0.2, -0.15) is 0 Å². The number of aryl methyl sites for hydroxylation is 1. The molecule has 0 bridgehead atoms. The second-order valence-electron chi connectivity index (χ2n) is 5.66. The molecule has 1 atom stereocenters. The summed E-state index contributed by atoms with van der Waals surface area (Å²) >= 11 is 5.92. The van der Waals surface area contributed by atoms with Gasteiger partial charge in [0, 0.05) is 23.8 Å². The van der Waals surface area contributed by atoms with Crippen LogP contribution in [0, 0.1) is 0 Å². The number of carbonyl (C=O) groups is 3. The first-order chi connectivity index (χ1) is 12.2. The number of aromatic nitrogens is 1. The summed E-state index contributed by atoms with van der Waals surface area (Å²) in [5.74, 6) is -0.992. The van der Waals surface area contributed by atoms with Gasteiger partial charge in [-0.3, -0.25) is 9.59 Å². The molecule has 1 aromatic heterocycles. The first-order valence-electron chi connectivity index (χ1n) is 7.75. The highest BCUT2D eigenvalue weighted by Crippen LogP contribution is 2.27. The molecule has 1 N–H and O–H groups in total. The lowest BCUT2D eigenvalue weighted by Crippen LogP contribution is -2.30. The minimum absolute atomic E-state index is 0.168. The zero-order chi connectivity index (χ0) is 19.4. The van der Waals surface area contributed by atoms with Gasteiger partial charge in [-0.25, -0.2) is 4.79 Å². The number of anilines is 1. The summed E-state index contributed by atoms with van der Waals surface area (Å²) in [5, 5.41) is 3.03. The second-order valence-corrected chi connectivity index (χ2v) is 6.10. The number of amides is 1. The van der Waals surface area contributed by atoms with Gasteiger partial charge in [0.2, 0.25) is 0 Å². The van der Waals surface area contributed by atoms with Crippen molar-refractivity contribution in [2.75, 3.05) is 12.4 Å². The van der Waals surface area contributed by atoms with Crippen molar-refractivity contribution in [2.24, 2.45) is 7.05 Å². The molecular weight excluding hydrogens is 360 g/mol. The lowest BCUT2D eigenvalue weighted by molar-refractivity contribution is -0.123. The van der Waals surface area contributed by atoms with Crippen LogP contribution in [0.15, 0.2) is 30.5 Å². The van der Waals surface area contributed by atoms with Gasteiger partial charge in [0.1, 0.15) is 11.4 Å². The van der Waals surface area contributed by atoms with Crippen molar-refractivity contribution in [1.29, 1.82) is 0 Å². The van der Waals surface area contributed by atoms with E-state index in [1.807, 2.05) is 0 Å². The molecule has 0 aliphatic heterocycles. The Labute approximate surface area is 155 Å². The molecule has 0 radical (unpaired) electrons. The fraction of sp³-hybridized carbons (Fsp3) is 0.278. The molecule has 1 aromatic carbocycles. The number of nitrogens with zero attached hydrogens (tertiary/aromatic N) is 1. The minimum Gasteiger partial charge on any atom is -0.495 e. The molecule has 2 aromatic rings. The average Bonchev–Trinajstić information content (AvgIpc) is 2.97. The molecule has 1 amide bonds. The number of benzene rings is 1. The van der Waals surface area contributed by atoms with E-state index >= 15 is 0 Å². The lowest BCUT2D eigenvalue weighted by Gasteiger charge is -2.15. The average molecular weight is 379 g/mol. The zero-order valence-corrected chi connectivity index (χ0v) is 15.6. The molecule has 26 heavy (non-hydrogen) atoms. The van der Waals surface area contributed by atoms with Crippen molar-refractivity contribution < 1.29 is 23.9 Å². The number of ether oxygens (including phenoxy) is 2. The van der Waals surface area contributed by atoms with Crippen LogP contribution in [0.5, 0.6) is 5.75 Å². The van der Waals surface area contributed by atoms with Gasteiger partial charge in [0.05, 0.1) is 12.8 Å². The Hall–Kier alpha value is -2.80. The Balaban J connectivity index is 2.08. The first kappa shape index (κ1) is 19.5. The molecule has 0 aliphatic carbocycles. The number of hydrogen-bond acceptors (Lipinski definition) is 5. The predicted molar refractivity (Wildman–Crippen MR) is 96.9 cm³/mol. The maximum absolute atomic E-state index is 12.3. The normalized spacial score (nSPS) is 11.6. The van der Waals surface area contributed by atoms with Gasteiger partial charge in [0.25, 0.3) is 5.91 Å². The van der Waals surface area contributed by atoms with Crippen LogP contribution in [0.1, 0.15) is 34.7 Å². The fourth-order valence-electron chi connectivity index (χ4n) is 2.25. The van der Waals surface area contributed by atoms with E-state index in [-0.39, 0.29) is 11.5 Å². The smallest absolute Gasteiger partial charge is 0.355 e.